The molecule has 1 aliphatic rings. The molecule has 1 aliphatic heterocycles. The van der Waals surface area contributed by atoms with Gasteiger partial charge in [-0.15, -0.1) is 0 Å². The molecule has 2 atom stereocenters. The molecular weight excluding hydrogens is 342 g/mol. The summed E-state index contributed by atoms with van der Waals surface area (Å²) in [6.45, 7) is 3.19. The summed E-state index contributed by atoms with van der Waals surface area (Å²) < 4.78 is 26.8. The number of amides is 3. The van der Waals surface area contributed by atoms with Crippen LogP contribution in [0.5, 0.6) is 0 Å². The molecular formula is C18H18F2N4O2. The molecule has 0 unspecified atom stereocenters. The summed E-state index contributed by atoms with van der Waals surface area (Å²) >= 11 is 0. The van der Waals surface area contributed by atoms with E-state index in [1.165, 1.54) is 11.0 Å². The smallest absolute Gasteiger partial charge is 0.322 e. The number of carbonyl (C=O) groups is 2. The summed E-state index contributed by atoms with van der Waals surface area (Å²) in [6, 6.07) is 3.48. The molecule has 0 fully saturated rings. The Morgan fingerprint density at radius 2 is 2.15 bits per heavy atom. The fourth-order valence-corrected chi connectivity index (χ4v) is 2.97. The lowest BCUT2D eigenvalue weighted by molar-refractivity contribution is -0.122. The summed E-state index contributed by atoms with van der Waals surface area (Å²) in [5.74, 6) is -1.87. The molecule has 136 valence electrons. The topological polar surface area (TPSA) is 74.3 Å². The predicted octanol–water partition coefficient (Wildman–Crippen LogP) is 3.15. The van der Waals surface area contributed by atoms with Crippen molar-refractivity contribution in [3.05, 3.63) is 59.4 Å². The van der Waals surface area contributed by atoms with Crippen LogP contribution in [-0.4, -0.2) is 28.4 Å². The maximum absolute atomic E-state index is 13.8. The molecule has 8 heteroatoms. The first kappa shape index (κ1) is 17.8. The van der Waals surface area contributed by atoms with Crippen molar-refractivity contribution < 1.29 is 18.4 Å². The first-order valence-electron chi connectivity index (χ1n) is 8.12. The Hall–Kier alpha value is -3.03. The summed E-state index contributed by atoms with van der Waals surface area (Å²) in [4.78, 5) is 30.0. The Morgan fingerprint density at radius 3 is 2.88 bits per heavy atom. The minimum atomic E-state index is -0.734. The highest BCUT2D eigenvalue weighted by Gasteiger charge is 2.31. The predicted molar refractivity (Wildman–Crippen MR) is 91.3 cm³/mol. The van der Waals surface area contributed by atoms with Crippen LogP contribution in [0.1, 0.15) is 37.1 Å². The molecule has 0 spiro atoms. The van der Waals surface area contributed by atoms with E-state index < -0.39 is 29.6 Å². The third-order valence-corrected chi connectivity index (χ3v) is 4.39. The number of urea groups is 1. The van der Waals surface area contributed by atoms with Gasteiger partial charge in [0.2, 0.25) is 5.91 Å². The van der Waals surface area contributed by atoms with Gasteiger partial charge >= 0.3 is 6.03 Å². The van der Waals surface area contributed by atoms with Crippen LogP contribution in [0.4, 0.5) is 19.3 Å². The first-order valence-corrected chi connectivity index (χ1v) is 8.12. The average Bonchev–Trinajstić information content (AvgIpc) is 2.58. The Morgan fingerprint density at radius 1 is 1.38 bits per heavy atom. The SMILES string of the molecule is C[C@H](NC(=O)CN1C(=O)Nc2ccncc2[C@H]1C)c1ccc(F)cc1F. The molecule has 1 aromatic carbocycles. The van der Waals surface area contributed by atoms with E-state index >= 15 is 0 Å². The van der Waals surface area contributed by atoms with E-state index in [1.807, 2.05) is 0 Å². The van der Waals surface area contributed by atoms with Gasteiger partial charge in [0, 0.05) is 29.6 Å². The third kappa shape index (κ3) is 3.49. The highest BCUT2D eigenvalue weighted by molar-refractivity contribution is 5.95. The molecule has 1 aromatic heterocycles. The maximum Gasteiger partial charge on any atom is 0.322 e. The number of carbonyl (C=O) groups excluding carboxylic acids is 2. The molecule has 6 nitrogen and oxygen atoms in total. The zero-order chi connectivity index (χ0) is 18.8. The van der Waals surface area contributed by atoms with Gasteiger partial charge < -0.3 is 15.5 Å². The summed E-state index contributed by atoms with van der Waals surface area (Å²) in [5, 5.41) is 5.34. The van der Waals surface area contributed by atoms with Crippen LogP contribution in [-0.2, 0) is 4.79 Å². The largest absolute Gasteiger partial charge is 0.348 e. The molecule has 0 radical (unpaired) electrons. The molecule has 2 heterocycles. The van der Waals surface area contributed by atoms with E-state index in [1.54, 1.807) is 32.3 Å². The summed E-state index contributed by atoms with van der Waals surface area (Å²) in [5.41, 5.74) is 1.64. The fraction of sp³-hybridized carbons (Fsp3) is 0.278. The number of nitrogens with zero attached hydrogens (tertiary/aromatic N) is 2. The normalized spacial score (nSPS) is 17.3. The van der Waals surface area contributed by atoms with Crippen molar-refractivity contribution in [2.24, 2.45) is 0 Å². The molecule has 0 aliphatic carbocycles. The van der Waals surface area contributed by atoms with Gasteiger partial charge in [0.1, 0.15) is 18.2 Å². The molecule has 0 bridgehead atoms. The van der Waals surface area contributed by atoms with Crippen molar-refractivity contribution in [2.45, 2.75) is 25.9 Å². The van der Waals surface area contributed by atoms with Crippen molar-refractivity contribution in [3.8, 4) is 0 Å². The number of hydrogen-bond acceptors (Lipinski definition) is 3. The number of nitrogens with one attached hydrogen (secondary N) is 2. The van der Waals surface area contributed by atoms with E-state index in [4.69, 9.17) is 0 Å². The van der Waals surface area contributed by atoms with Crippen molar-refractivity contribution >= 4 is 17.6 Å². The van der Waals surface area contributed by atoms with Gasteiger partial charge in [-0.25, -0.2) is 13.6 Å². The Labute approximate surface area is 149 Å². The number of halogens is 2. The van der Waals surface area contributed by atoms with Crippen LogP contribution in [0.2, 0.25) is 0 Å². The summed E-state index contributed by atoms with van der Waals surface area (Å²) in [7, 11) is 0. The first-order chi connectivity index (χ1) is 12.4. The Bertz CT molecular complexity index is 859. The van der Waals surface area contributed by atoms with E-state index in [0.717, 1.165) is 17.7 Å². The molecule has 3 amide bonds. The lowest BCUT2D eigenvalue weighted by Gasteiger charge is -2.34. The molecule has 3 rings (SSSR count). The van der Waals surface area contributed by atoms with Crippen LogP contribution < -0.4 is 10.6 Å². The van der Waals surface area contributed by atoms with Crippen molar-refractivity contribution in [1.82, 2.24) is 15.2 Å². The highest BCUT2D eigenvalue weighted by atomic mass is 19.1. The number of benzene rings is 1. The number of fused-ring (bicyclic) bond motifs is 1. The van der Waals surface area contributed by atoms with Crippen molar-refractivity contribution in [3.63, 3.8) is 0 Å². The minimum absolute atomic E-state index is 0.172. The fourth-order valence-electron chi connectivity index (χ4n) is 2.97. The van der Waals surface area contributed by atoms with Crippen LogP contribution in [0, 0.1) is 11.6 Å². The van der Waals surface area contributed by atoms with Crippen LogP contribution in [0.3, 0.4) is 0 Å². The monoisotopic (exact) mass is 360 g/mol. The second-order valence-corrected chi connectivity index (χ2v) is 6.15. The number of rotatable bonds is 4. The van der Waals surface area contributed by atoms with Gasteiger partial charge in [-0.05, 0) is 26.0 Å². The average molecular weight is 360 g/mol. The molecule has 2 N–H and O–H groups in total. The number of anilines is 1. The van der Waals surface area contributed by atoms with Gasteiger partial charge in [0.15, 0.2) is 0 Å². The zero-order valence-corrected chi connectivity index (χ0v) is 14.3. The zero-order valence-electron chi connectivity index (χ0n) is 14.3. The minimum Gasteiger partial charge on any atom is -0.348 e. The van der Waals surface area contributed by atoms with Gasteiger partial charge in [0.05, 0.1) is 17.8 Å². The van der Waals surface area contributed by atoms with E-state index in [9.17, 15) is 18.4 Å². The van der Waals surface area contributed by atoms with Crippen molar-refractivity contribution in [2.75, 3.05) is 11.9 Å². The summed E-state index contributed by atoms with van der Waals surface area (Å²) in [6.07, 6.45) is 3.22. The van der Waals surface area contributed by atoms with Gasteiger partial charge in [-0.1, -0.05) is 6.07 Å². The van der Waals surface area contributed by atoms with E-state index in [-0.39, 0.29) is 18.2 Å². The van der Waals surface area contributed by atoms with Crippen LogP contribution >= 0.6 is 0 Å². The Kier molecular flexibility index (Phi) is 4.83. The van der Waals surface area contributed by atoms with Crippen molar-refractivity contribution in [1.29, 1.82) is 0 Å². The quantitative estimate of drug-likeness (QED) is 0.880. The number of hydrogen-bond donors (Lipinski definition) is 2. The van der Waals surface area contributed by atoms with Crippen LogP contribution in [0.15, 0.2) is 36.7 Å². The highest BCUT2D eigenvalue weighted by Crippen LogP contribution is 2.31. The third-order valence-electron chi connectivity index (χ3n) is 4.39. The second-order valence-electron chi connectivity index (χ2n) is 6.15. The number of pyridine rings is 1. The van der Waals surface area contributed by atoms with E-state index in [0.29, 0.717) is 5.69 Å². The molecule has 26 heavy (non-hydrogen) atoms. The standard InChI is InChI=1S/C18H18F2N4O2/c1-10(13-4-3-12(19)7-15(13)20)22-17(25)9-24-11(2)14-8-21-6-5-16(14)23-18(24)26/h3-8,10-11H,9H2,1-2H3,(H,22,25)(H,23,26)/t10-,11+/m0/s1. The lowest BCUT2D eigenvalue weighted by atomic mass is 10.0. The second kappa shape index (κ2) is 7.07. The van der Waals surface area contributed by atoms with E-state index in [2.05, 4.69) is 15.6 Å². The van der Waals surface area contributed by atoms with Crippen LogP contribution in [0.25, 0.3) is 0 Å². The maximum atomic E-state index is 13.8. The molecule has 0 saturated carbocycles. The molecule has 0 saturated heterocycles. The molecule has 2 aromatic rings. The Balaban J connectivity index is 1.69. The van der Waals surface area contributed by atoms with Gasteiger partial charge in [0.25, 0.3) is 0 Å². The number of aromatic nitrogens is 1. The van der Waals surface area contributed by atoms with Gasteiger partial charge in [-0.2, -0.15) is 0 Å². The van der Waals surface area contributed by atoms with Gasteiger partial charge in [-0.3, -0.25) is 9.78 Å². The lowest BCUT2D eigenvalue weighted by Crippen LogP contribution is -2.47.